The van der Waals surface area contributed by atoms with Crippen molar-refractivity contribution >= 4 is 34.2 Å². The first-order valence-corrected chi connectivity index (χ1v) is 11.6. The summed E-state index contributed by atoms with van der Waals surface area (Å²) in [6.07, 6.45) is 3.32. The number of ether oxygens (including phenoxy) is 1. The molecule has 4 aromatic rings. The molecule has 0 spiro atoms. The van der Waals surface area contributed by atoms with Gasteiger partial charge in [-0.15, -0.1) is 0 Å². The molecule has 0 amide bonds. The summed E-state index contributed by atoms with van der Waals surface area (Å²) in [4.78, 5) is 30.1. The van der Waals surface area contributed by atoms with Gasteiger partial charge in [-0.05, 0) is 58.9 Å². The van der Waals surface area contributed by atoms with E-state index in [4.69, 9.17) is 20.8 Å². The van der Waals surface area contributed by atoms with Gasteiger partial charge in [-0.25, -0.2) is 14.2 Å². The molecule has 188 valence electrons. The van der Waals surface area contributed by atoms with Crippen molar-refractivity contribution in [1.29, 1.82) is 0 Å². The Bertz CT molecular complexity index is 1540. The summed E-state index contributed by atoms with van der Waals surface area (Å²) in [7, 11) is 1.76. The number of carbonyl (C=O) groups is 1. The molecular weight excluding hydrogens is 487 g/mol. The highest BCUT2D eigenvalue weighted by Crippen LogP contribution is 2.32. The summed E-state index contributed by atoms with van der Waals surface area (Å²) in [5.74, 6) is -0.901. The number of hydrogen-bond donors (Lipinski definition) is 1. The van der Waals surface area contributed by atoms with Gasteiger partial charge >= 0.3 is 5.97 Å². The number of aryl methyl sites for hydroxylation is 1. The number of pyridine rings is 1. The smallest absolute Gasteiger partial charge is 0.359 e. The van der Waals surface area contributed by atoms with E-state index in [2.05, 4.69) is 15.4 Å². The monoisotopic (exact) mass is 512 g/mol. The quantitative estimate of drug-likeness (QED) is 0.266. The van der Waals surface area contributed by atoms with Crippen LogP contribution in [0.15, 0.2) is 45.9 Å². The SMILES string of the molecule is Cc1c(-c2cnn(C)c2)oc2c(C(C)Nc3ccc(Cl)nc3C(=O)OC(C)(C)C)cc(F)cc2c1=O. The van der Waals surface area contributed by atoms with Crippen molar-refractivity contribution in [3.05, 3.63) is 74.7 Å². The lowest BCUT2D eigenvalue weighted by atomic mass is 10.0. The number of benzene rings is 1. The highest BCUT2D eigenvalue weighted by Gasteiger charge is 2.25. The number of aromatic nitrogens is 3. The molecule has 0 aliphatic carbocycles. The van der Waals surface area contributed by atoms with E-state index >= 15 is 0 Å². The molecule has 0 radical (unpaired) electrons. The van der Waals surface area contributed by atoms with Crippen molar-refractivity contribution in [3.8, 4) is 11.3 Å². The Kier molecular flexibility index (Phi) is 6.62. The first kappa shape index (κ1) is 25.4. The van der Waals surface area contributed by atoms with E-state index in [9.17, 15) is 14.0 Å². The molecule has 10 heteroatoms. The molecule has 0 aliphatic rings. The summed E-state index contributed by atoms with van der Waals surface area (Å²) in [6, 6.07) is 4.97. The molecule has 3 heterocycles. The third kappa shape index (κ3) is 5.11. The fourth-order valence-corrected chi connectivity index (χ4v) is 4.01. The van der Waals surface area contributed by atoms with Gasteiger partial charge < -0.3 is 14.5 Å². The second-order valence-electron chi connectivity index (χ2n) is 9.56. The van der Waals surface area contributed by atoms with Crippen LogP contribution in [-0.4, -0.2) is 26.3 Å². The maximum Gasteiger partial charge on any atom is 0.359 e. The van der Waals surface area contributed by atoms with Crippen LogP contribution in [0.25, 0.3) is 22.3 Å². The molecule has 0 saturated carbocycles. The zero-order valence-corrected chi connectivity index (χ0v) is 21.5. The van der Waals surface area contributed by atoms with Gasteiger partial charge in [0.15, 0.2) is 11.1 Å². The Morgan fingerprint density at radius 1 is 1.28 bits per heavy atom. The topological polar surface area (TPSA) is 99.2 Å². The molecule has 0 saturated heterocycles. The molecular formula is C26H26ClFN4O4. The second-order valence-corrected chi connectivity index (χ2v) is 9.94. The van der Waals surface area contributed by atoms with Gasteiger partial charge in [0, 0.05) is 24.4 Å². The number of anilines is 1. The van der Waals surface area contributed by atoms with E-state index in [1.54, 1.807) is 64.8 Å². The maximum atomic E-state index is 14.7. The number of nitrogens with zero attached hydrogens (tertiary/aromatic N) is 3. The van der Waals surface area contributed by atoms with Gasteiger partial charge in [-0.1, -0.05) is 11.6 Å². The minimum Gasteiger partial charge on any atom is -0.455 e. The molecule has 8 nitrogen and oxygen atoms in total. The van der Waals surface area contributed by atoms with Gasteiger partial charge in [0.05, 0.1) is 28.9 Å². The van der Waals surface area contributed by atoms with Crippen molar-refractivity contribution in [2.75, 3.05) is 5.32 Å². The van der Waals surface area contributed by atoms with E-state index < -0.39 is 23.4 Å². The summed E-state index contributed by atoms with van der Waals surface area (Å²) >= 11 is 6.04. The van der Waals surface area contributed by atoms with E-state index in [0.29, 0.717) is 28.1 Å². The van der Waals surface area contributed by atoms with Gasteiger partial charge in [0.2, 0.25) is 0 Å². The largest absolute Gasteiger partial charge is 0.455 e. The second kappa shape index (κ2) is 9.39. The van der Waals surface area contributed by atoms with Crippen LogP contribution < -0.4 is 10.7 Å². The predicted molar refractivity (Wildman–Crippen MR) is 136 cm³/mol. The first-order valence-electron chi connectivity index (χ1n) is 11.3. The number of esters is 1. The van der Waals surface area contributed by atoms with Crippen molar-refractivity contribution in [3.63, 3.8) is 0 Å². The average Bonchev–Trinajstić information content (AvgIpc) is 3.22. The van der Waals surface area contributed by atoms with E-state index in [-0.39, 0.29) is 27.2 Å². The molecule has 36 heavy (non-hydrogen) atoms. The van der Waals surface area contributed by atoms with Crippen molar-refractivity contribution in [1.82, 2.24) is 14.8 Å². The highest BCUT2D eigenvalue weighted by atomic mass is 35.5. The maximum absolute atomic E-state index is 14.7. The minimum absolute atomic E-state index is 0.0154. The van der Waals surface area contributed by atoms with Crippen molar-refractivity contribution in [2.45, 2.75) is 46.3 Å². The van der Waals surface area contributed by atoms with Crippen molar-refractivity contribution < 1.29 is 18.3 Å². The van der Waals surface area contributed by atoms with Crippen LogP contribution >= 0.6 is 11.6 Å². The molecule has 1 aromatic carbocycles. The molecule has 0 fully saturated rings. The van der Waals surface area contributed by atoms with Crippen LogP contribution in [0.4, 0.5) is 10.1 Å². The third-order valence-electron chi connectivity index (χ3n) is 5.47. The van der Waals surface area contributed by atoms with Gasteiger partial charge in [-0.2, -0.15) is 5.10 Å². The first-order chi connectivity index (χ1) is 16.8. The summed E-state index contributed by atoms with van der Waals surface area (Å²) in [5, 5.41) is 7.56. The lowest BCUT2D eigenvalue weighted by Gasteiger charge is -2.22. The van der Waals surface area contributed by atoms with E-state index in [0.717, 1.165) is 6.07 Å². The van der Waals surface area contributed by atoms with Crippen LogP contribution in [0.5, 0.6) is 0 Å². The molecule has 4 rings (SSSR count). The Hall–Kier alpha value is -3.72. The van der Waals surface area contributed by atoms with Crippen LogP contribution in [0.2, 0.25) is 5.15 Å². The number of halogens is 2. The molecule has 0 aliphatic heterocycles. The average molecular weight is 513 g/mol. The molecule has 1 atom stereocenters. The fourth-order valence-electron chi connectivity index (χ4n) is 3.86. The van der Waals surface area contributed by atoms with Gasteiger partial charge in [-0.3, -0.25) is 9.48 Å². The number of carbonyl (C=O) groups excluding carboxylic acids is 1. The number of hydrogen-bond acceptors (Lipinski definition) is 7. The standard InChI is InChI=1S/C26H26ClFN4O4/c1-13-22(33)18-10-16(28)9-17(24(18)35-23(13)15-11-29-32(6)12-15)14(2)30-19-7-8-20(27)31-21(19)25(34)36-26(3,4)5/h7-12,14,30H,1-6H3. The van der Waals surface area contributed by atoms with Gasteiger partial charge in [0.1, 0.15) is 27.9 Å². The Balaban J connectivity index is 1.82. The lowest BCUT2D eigenvalue weighted by Crippen LogP contribution is -2.25. The number of fused-ring (bicyclic) bond motifs is 1. The number of rotatable bonds is 5. The molecule has 1 N–H and O–H groups in total. The summed E-state index contributed by atoms with van der Waals surface area (Å²) < 4.78 is 27.9. The van der Waals surface area contributed by atoms with Gasteiger partial charge in [0.25, 0.3) is 0 Å². The summed E-state index contributed by atoms with van der Waals surface area (Å²) in [5.41, 5.74) is 0.821. The molecule has 0 bridgehead atoms. The predicted octanol–water partition coefficient (Wildman–Crippen LogP) is 5.82. The Morgan fingerprint density at radius 2 is 2.00 bits per heavy atom. The van der Waals surface area contributed by atoms with E-state index in [1.807, 2.05) is 0 Å². The fraction of sp³-hybridized carbons (Fsp3) is 0.308. The van der Waals surface area contributed by atoms with Crippen LogP contribution in [-0.2, 0) is 11.8 Å². The Morgan fingerprint density at radius 3 is 2.64 bits per heavy atom. The zero-order valence-electron chi connectivity index (χ0n) is 20.8. The van der Waals surface area contributed by atoms with Crippen LogP contribution in [0, 0.1) is 12.7 Å². The summed E-state index contributed by atoms with van der Waals surface area (Å²) in [6.45, 7) is 8.62. The van der Waals surface area contributed by atoms with E-state index in [1.165, 1.54) is 12.1 Å². The van der Waals surface area contributed by atoms with Crippen LogP contribution in [0.3, 0.4) is 0 Å². The molecule has 3 aromatic heterocycles. The Labute approximate surface area is 212 Å². The normalized spacial score (nSPS) is 12.6. The van der Waals surface area contributed by atoms with Crippen LogP contribution in [0.1, 0.15) is 55.4 Å². The number of nitrogens with one attached hydrogen (secondary N) is 1. The molecule has 1 unspecified atom stereocenters. The zero-order chi connectivity index (χ0) is 26.4. The third-order valence-corrected chi connectivity index (χ3v) is 5.68. The lowest BCUT2D eigenvalue weighted by molar-refractivity contribution is 0.00640. The highest BCUT2D eigenvalue weighted by molar-refractivity contribution is 6.29. The van der Waals surface area contributed by atoms with Crippen molar-refractivity contribution in [2.24, 2.45) is 7.05 Å². The minimum atomic E-state index is -0.743.